The summed E-state index contributed by atoms with van der Waals surface area (Å²) in [4.78, 5) is 33.9. The van der Waals surface area contributed by atoms with E-state index < -0.39 is 33.8 Å². The minimum absolute atomic E-state index is 0.0142. The summed E-state index contributed by atoms with van der Waals surface area (Å²) in [5.41, 5.74) is -1.31. The number of nitro groups is 1. The van der Waals surface area contributed by atoms with E-state index in [0.717, 1.165) is 22.7 Å². The number of amides is 1. The Hall–Kier alpha value is -2.03. The van der Waals surface area contributed by atoms with Crippen LogP contribution in [0.1, 0.15) is 13.3 Å². The van der Waals surface area contributed by atoms with Crippen molar-refractivity contribution in [3.63, 3.8) is 0 Å². The zero-order valence-corrected chi connectivity index (χ0v) is 12.4. The molecule has 1 aliphatic rings. The van der Waals surface area contributed by atoms with Crippen LogP contribution >= 0.6 is 11.8 Å². The van der Waals surface area contributed by atoms with Gasteiger partial charge in [-0.05, 0) is 12.0 Å². The van der Waals surface area contributed by atoms with Gasteiger partial charge in [0.25, 0.3) is 5.69 Å². The molecule has 0 spiro atoms. The van der Waals surface area contributed by atoms with Gasteiger partial charge in [-0.2, -0.15) is 0 Å². The molecule has 1 aromatic carbocycles. The van der Waals surface area contributed by atoms with Crippen molar-refractivity contribution in [3.05, 3.63) is 33.9 Å². The van der Waals surface area contributed by atoms with Crippen LogP contribution in [-0.2, 0) is 9.59 Å². The van der Waals surface area contributed by atoms with Crippen LogP contribution in [0, 0.1) is 27.7 Å². The molecule has 1 saturated heterocycles. The summed E-state index contributed by atoms with van der Waals surface area (Å²) in [7, 11) is 0. The summed E-state index contributed by atoms with van der Waals surface area (Å²) >= 11 is 1.03. The molecule has 0 bridgehead atoms. The summed E-state index contributed by atoms with van der Waals surface area (Å²) in [6.07, 6.45) is 0.0351. The first kappa shape index (κ1) is 16.3. The lowest BCUT2D eigenvalue weighted by Gasteiger charge is -2.17. The predicted molar refractivity (Wildman–Crippen MR) is 76.6 cm³/mol. The van der Waals surface area contributed by atoms with Gasteiger partial charge in [0.1, 0.15) is 0 Å². The molecule has 6 nitrogen and oxygen atoms in total. The van der Waals surface area contributed by atoms with E-state index in [2.05, 4.69) is 0 Å². The summed E-state index contributed by atoms with van der Waals surface area (Å²) in [6, 6.07) is 1.49. The Morgan fingerprint density at radius 2 is 2.18 bits per heavy atom. The van der Waals surface area contributed by atoms with E-state index in [1.165, 1.54) is 6.92 Å². The number of anilines is 1. The summed E-state index contributed by atoms with van der Waals surface area (Å²) in [6.45, 7) is 1.40. The van der Waals surface area contributed by atoms with Gasteiger partial charge < -0.3 is 4.90 Å². The highest BCUT2D eigenvalue weighted by atomic mass is 32.2. The normalized spacial score (nSPS) is 17.9. The average Bonchev–Trinajstić information content (AvgIpc) is 2.80. The van der Waals surface area contributed by atoms with E-state index in [-0.39, 0.29) is 24.0 Å². The van der Waals surface area contributed by atoms with Crippen molar-refractivity contribution < 1.29 is 23.3 Å². The van der Waals surface area contributed by atoms with Crippen LogP contribution in [0.3, 0.4) is 0 Å². The second-order valence-electron chi connectivity index (χ2n) is 4.86. The van der Waals surface area contributed by atoms with Crippen molar-refractivity contribution >= 4 is 34.2 Å². The summed E-state index contributed by atoms with van der Waals surface area (Å²) < 4.78 is 27.3. The van der Waals surface area contributed by atoms with Gasteiger partial charge in [0.15, 0.2) is 22.4 Å². The van der Waals surface area contributed by atoms with Crippen LogP contribution in [0.4, 0.5) is 20.2 Å². The molecule has 1 heterocycles. The van der Waals surface area contributed by atoms with E-state index >= 15 is 0 Å². The lowest BCUT2D eigenvalue weighted by molar-refractivity contribution is -0.384. The minimum Gasteiger partial charge on any atom is -0.304 e. The Morgan fingerprint density at radius 1 is 1.50 bits per heavy atom. The van der Waals surface area contributed by atoms with E-state index in [9.17, 15) is 28.5 Å². The van der Waals surface area contributed by atoms with E-state index in [1.54, 1.807) is 0 Å². The van der Waals surface area contributed by atoms with Crippen molar-refractivity contribution in [2.45, 2.75) is 13.3 Å². The van der Waals surface area contributed by atoms with Gasteiger partial charge in [0.2, 0.25) is 5.91 Å². The summed E-state index contributed by atoms with van der Waals surface area (Å²) in [5, 5.41) is 10.9. The molecule has 0 aromatic heterocycles. The highest BCUT2D eigenvalue weighted by Crippen LogP contribution is 2.37. The van der Waals surface area contributed by atoms with Crippen LogP contribution in [0.2, 0.25) is 0 Å². The first-order valence-electron chi connectivity index (χ1n) is 6.37. The molecule has 0 N–H and O–H groups in total. The van der Waals surface area contributed by atoms with Crippen LogP contribution < -0.4 is 4.90 Å². The fraction of sp³-hybridized carbons (Fsp3) is 0.385. The van der Waals surface area contributed by atoms with Gasteiger partial charge in [-0.1, -0.05) is 11.8 Å². The third kappa shape index (κ3) is 3.24. The topological polar surface area (TPSA) is 80.5 Å². The minimum atomic E-state index is -1.41. The molecule has 1 amide bonds. The van der Waals surface area contributed by atoms with Crippen LogP contribution in [0.15, 0.2) is 12.1 Å². The molecule has 0 aliphatic carbocycles. The van der Waals surface area contributed by atoms with Crippen molar-refractivity contribution in [1.29, 1.82) is 0 Å². The van der Waals surface area contributed by atoms with E-state index in [0.29, 0.717) is 11.8 Å². The zero-order valence-electron chi connectivity index (χ0n) is 11.5. The molecular weight excluding hydrogens is 318 g/mol. The maximum Gasteiger partial charge on any atom is 0.296 e. The smallest absolute Gasteiger partial charge is 0.296 e. The van der Waals surface area contributed by atoms with E-state index in [4.69, 9.17) is 0 Å². The fourth-order valence-electron chi connectivity index (χ4n) is 2.28. The van der Waals surface area contributed by atoms with Gasteiger partial charge in [-0.25, -0.2) is 8.78 Å². The lowest BCUT2D eigenvalue weighted by Crippen LogP contribution is -2.27. The van der Waals surface area contributed by atoms with Gasteiger partial charge in [-0.3, -0.25) is 19.7 Å². The highest BCUT2D eigenvalue weighted by molar-refractivity contribution is 8.13. The van der Waals surface area contributed by atoms with Crippen molar-refractivity contribution in [3.8, 4) is 0 Å². The third-order valence-electron chi connectivity index (χ3n) is 3.24. The quantitative estimate of drug-likeness (QED) is 0.626. The first-order chi connectivity index (χ1) is 10.3. The number of nitro benzene ring substituents is 1. The number of nitrogens with zero attached hydrogens (tertiary/aromatic N) is 2. The van der Waals surface area contributed by atoms with Crippen LogP contribution in [0.5, 0.6) is 0 Å². The average molecular weight is 330 g/mol. The number of halogens is 2. The monoisotopic (exact) mass is 330 g/mol. The number of carbonyl (C=O) groups is 2. The number of rotatable bonds is 4. The SMILES string of the molecule is CC(=O)SCC1CC(=O)N(c2c([N+](=O)[O-])ccc(F)c2F)C1. The molecule has 1 atom stereocenters. The van der Waals surface area contributed by atoms with Crippen LogP contribution in [-0.4, -0.2) is 28.2 Å². The largest absolute Gasteiger partial charge is 0.304 e. The Morgan fingerprint density at radius 3 is 2.77 bits per heavy atom. The van der Waals surface area contributed by atoms with Gasteiger partial charge in [-0.15, -0.1) is 0 Å². The molecule has 0 radical (unpaired) electrons. The zero-order chi connectivity index (χ0) is 16.4. The number of benzene rings is 1. The molecule has 118 valence electrons. The maximum atomic E-state index is 14.0. The molecule has 9 heteroatoms. The van der Waals surface area contributed by atoms with Crippen molar-refractivity contribution in [1.82, 2.24) is 0 Å². The molecular formula is C13H12F2N2O4S. The Bertz CT molecular complexity index is 653. The van der Waals surface area contributed by atoms with Crippen molar-refractivity contribution in [2.24, 2.45) is 5.92 Å². The molecule has 0 saturated carbocycles. The molecule has 1 aliphatic heterocycles. The molecule has 2 rings (SSSR count). The maximum absolute atomic E-state index is 14.0. The number of hydrogen-bond donors (Lipinski definition) is 0. The lowest BCUT2D eigenvalue weighted by atomic mass is 10.1. The fourth-order valence-corrected chi connectivity index (χ4v) is 2.97. The van der Waals surface area contributed by atoms with Crippen molar-refractivity contribution in [2.75, 3.05) is 17.2 Å². The molecule has 1 fully saturated rings. The van der Waals surface area contributed by atoms with Gasteiger partial charge in [0.05, 0.1) is 4.92 Å². The standard InChI is InChI=1S/C13H12F2N2O4S/c1-7(18)22-6-8-4-11(19)16(5-8)13-10(17(20)21)3-2-9(14)12(13)15/h2-3,8H,4-6H2,1H3. The highest BCUT2D eigenvalue weighted by Gasteiger charge is 2.37. The number of thioether (sulfide) groups is 1. The first-order valence-corrected chi connectivity index (χ1v) is 7.36. The van der Waals surface area contributed by atoms with Gasteiger partial charge in [0, 0.05) is 31.7 Å². The second-order valence-corrected chi connectivity index (χ2v) is 6.06. The van der Waals surface area contributed by atoms with E-state index in [1.807, 2.05) is 0 Å². The molecule has 1 aromatic rings. The number of carbonyl (C=O) groups excluding carboxylic acids is 2. The second kappa shape index (κ2) is 6.39. The molecule has 1 unspecified atom stereocenters. The van der Waals surface area contributed by atoms with Crippen LogP contribution in [0.25, 0.3) is 0 Å². The summed E-state index contributed by atoms with van der Waals surface area (Å²) in [5.74, 6) is -3.09. The Kier molecular flexibility index (Phi) is 4.74. The Labute approximate surface area is 128 Å². The predicted octanol–water partition coefficient (Wildman–Crippen LogP) is 2.51. The Balaban J connectivity index is 2.32. The van der Waals surface area contributed by atoms with Gasteiger partial charge >= 0.3 is 0 Å². The third-order valence-corrected chi connectivity index (χ3v) is 4.29. The molecule has 22 heavy (non-hydrogen) atoms. The number of hydrogen-bond acceptors (Lipinski definition) is 5.